The largest absolute Gasteiger partial charge is 0.489 e. The second-order valence-electron chi connectivity index (χ2n) is 5.26. The van der Waals surface area contributed by atoms with Gasteiger partial charge in [-0.15, -0.1) is 0 Å². The first-order chi connectivity index (χ1) is 10.6. The first-order valence-electron chi connectivity index (χ1n) is 7.34. The van der Waals surface area contributed by atoms with E-state index >= 15 is 0 Å². The molecule has 0 heterocycles. The fraction of sp³-hybridized carbons (Fsp3) is 0.211. The zero-order valence-electron chi connectivity index (χ0n) is 12.8. The standard InChI is InChI=1S/C19H21NO2/c1-15(2)14-22-18-10-8-17(9-11-18)19(21)20-13-12-16-6-4-3-5-7-16/h3-11H,1,12-14H2,2H3,(H,20,21). The van der Waals surface area contributed by atoms with Crippen LogP contribution in [0.4, 0.5) is 0 Å². The van der Waals surface area contributed by atoms with E-state index in [0.29, 0.717) is 18.7 Å². The molecule has 0 radical (unpaired) electrons. The van der Waals surface area contributed by atoms with Crippen molar-refractivity contribution in [3.8, 4) is 5.75 Å². The quantitative estimate of drug-likeness (QED) is 0.792. The average molecular weight is 295 g/mol. The maximum absolute atomic E-state index is 12.0. The summed E-state index contributed by atoms with van der Waals surface area (Å²) in [4.78, 5) is 12.0. The Morgan fingerprint density at radius 2 is 1.77 bits per heavy atom. The van der Waals surface area contributed by atoms with Crippen molar-refractivity contribution in [3.63, 3.8) is 0 Å². The van der Waals surface area contributed by atoms with Crippen LogP contribution < -0.4 is 10.1 Å². The Morgan fingerprint density at radius 1 is 1.09 bits per heavy atom. The topological polar surface area (TPSA) is 38.3 Å². The Balaban J connectivity index is 1.81. The van der Waals surface area contributed by atoms with E-state index in [0.717, 1.165) is 17.7 Å². The molecule has 0 bridgehead atoms. The van der Waals surface area contributed by atoms with Gasteiger partial charge in [0.05, 0.1) is 0 Å². The summed E-state index contributed by atoms with van der Waals surface area (Å²) in [5, 5.41) is 2.92. The molecule has 3 nitrogen and oxygen atoms in total. The van der Waals surface area contributed by atoms with Crippen molar-refractivity contribution in [1.82, 2.24) is 5.32 Å². The van der Waals surface area contributed by atoms with Gasteiger partial charge in [0.1, 0.15) is 12.4 Å². The third-order valence-corrected chi connectivity index (χ3v) is 3.14. The van der Waals surface area contributed by atoms with Crippen molar-refractivity contribution >= 4 is 5.91 Å². The molecule has 0 aliphatic heterocycles. The average Bonchev–Trinajstić information content (AvgIpc) is 2.54. The lowest BCUT2D eigenvalue weighted by molar-refractivity contribution is 0.0954. The van der Waals surface area contributed by atoms with Gasteiger partial charge >= 0.3 is 0 Å². The summed E-state index contributed by atoms with van der Waals surface area (Å²) in [6, 6.07) is 17.2. The Bertz CT molecular complexity index is 618. The number of nitrogens with one attached hydrogen (secondary N) is 1. The molecule has 22 heavy (non-hydrogen) atoms. The Morgan fingerprint density at radius 3 is 2.41 bits per heavy atom. The molecule has 2 aromatic rings. The number of carbonyl (C=O) groups is 1. The van der Waals surface area contributed by atoms with Gasteiger partial charge in [-0.3, -0.25) is 4.79 Å². The molecule has 1 N–H and O–H groups in total. The van der Waals surface area contributed by atoms with E-state index in [1.54, 1.807) is 24.3 Å². The maximum atomic E-state index is 12.0. The molecule has 3 heteroatoms. The third-order valence-electron chi connectivity index (χ3n) is 3.14. The van der Waals surface area contributed by atoms with Crippen molar-refractivity contribution in [2.75, 3.05) is 13.2 Å². The number of ether oxygens (including phenoxy) is 1. The van der Waals surface area contributed by atoms with Crippen LogP contribution in [-0.2, 0) is 6.42 Å². The van der Waals surface area contributed by atoms with Gasteiger partial charge in [-0.05, 0) is 48.7 Å². The normalized spacial score (nSPS) is 10.0. The Labute approximate surface area is 131 Å². The zero-order chi connectivity index (χ0) is 15.8. The molecule has 2 aromatic carbocycles. The maximum Gasteiger partial charge on any atom is 0.251 e. The third kappa shape index (κ3) is 5.09. The molecule has 0 spiro atoms. The minimum atomic E-state index is -0.0672. The predicted octanol–water partition coefficient (Wildman–Crippen LogP) is 3.61. The second-order valence-corrected chi connectivity index (χ2v) is 5.26. The van der Waals surface area contributed by atoms with Gasteiger partial charge in [-0.25, -0.2) is 0 Å². The van der Waals surface area contributed by atoms with Crippen LogP contribution in [0, 0.1) is 0 Å². The van der Waals surface area contributed by atoms with E-state index in [-0.39, 0.29) is 5.91 Å². The lowest BCUT2D eigenvalue weighted by Crippen LogP contribution is -2.25. The van der Waals surface area contributed by atoms with Gasteiger partial charge in [-0.2, -0.15) is 0 Å². The highest BCUT2D eigenvalue weighted by Gasteiger charge is 2.05. The van der Waals surface area contributed by atoms with E-state index in [1.165, 1.54) is 5.56 Å². The van der Waals surface area contributed by atoms with Crippen LogP contribution in [-0.4, -0.2) is 19.1 Å². The number of hydrogen-bond donors (Lipinski definition) is 1. The monoisotopic (exact) mass is 295 g/mol. The fourth-order valence-corrected chi connectivity index (χ4v) is 1.98. The van der Waals surface area contributed by atoms with Crippen molar-refractivity contribution in [1.29, 1.82) is 0 Å². The summed E-state index contributed by atoms with van der Waals surface area (Å²) in [5.74, 6) is 0.672. The van der Waals surface area contributed by atoms with Crippen LogP contribution in [0.1, 0.15) is 22.8 Å². The lowest BCUT2D eigenvalue weighted by atomic mass is 10.1. The minimum Gasteiger partial charge on any atom is -0.489 e. The van der Waals surface area contributed by atoms with Gasteiger partial charge in [-0.1, -0.05) is 36.9 Å². The van der Waals surface area contributed by atoms with Gasteiger partial charge in [0.25, 0.3) is 5.91 Å². The summed E-state index contributed by atoms with van der Waals surface area (Å²) in [6.07, 6.45) is 0.826. The van der Waals surface area contributed by atoms with Crippen molar-refractivity contribution in [2.45, 2.75) is 13.3 Å². The number of hydrogen-bond acceptors (Lipinski definition) is 2. The molecular weight excluding hydrogens is 274 g/mol. The molecule has 1 amide bonds. The predicted molar refractivity (Wildman–Crippen MR) is 89.2 cm³/mol. The molecule has 0 aliphatic rings. The molecule has 2 rings (SSSR count). The summed E-state index contributed by atoms with van der Waals surface area (Å²) < 4.78 is 5.51. The Kier molecular flexibility index (Phi) is 5.78. The SMILES string of the molecule is C=C(C)COc1ccc(C(=O)NCCc2ccccc2)cc1. The second kappa shape index (κ2) is 8.03. The smallest absolute Gasteiger partial charge is 0.251 e. The van der Waals surface area contributed by atoms with Crippen LogP contribution in [0.5, 0.6) is 5.75 Å². The number of benzene rings is 2. The lowest BCUT2D eigenvalue weighted by Gasteiger charge is -2.08. The van der Waals surface area contributed by atoms with Gasteiger partial charge < -0.3 is 10.1 Å². The molecular formula is C19H21NO2. The molecule has 0 aromatic heterocycles. The van der Waals surface area contributed by atoms with Gasteiger partial charge in [0.15, 0.2) is 0 Å². The highest BCUT2D eigenvalue weighted by atomic mass is 16.5. The summed E-state index contributed by atoms with van der Waals surface area (Å²) in [6.45, 7) is 6.81. The van der Waals surface area contributed by atoms with Crippen LogP contribution in [0.2, 0.25) is 0 Å². The first kappa shape index (κ1) is 15.8. The van der Waals surface area contributed by atoms with Gasteiger partial charge in [0, 0.05) is 12.1 Å². The number of carbonyl (C=O) groups excluding carboxylic acids is 1. The van der Waals surface area contributed by atoms with Crippen molar-refractivity contribution in [3.05, 3.63) is 77.9 Å². The molecule has 0 saturated carbocycles. The van der Waals surface area contributed by atoms with Crippen LogP contribution in [0.25, 0.3) is 0 Å². The van der Waals surface area contributed by atoms with Crippen LogP contribution in [0.3, 0.4) is 0 Å². The fourth-order valence-electron chi connectivity index (χ4n) is 1.98. The van der Waals surface area contributed by atoms with E-state index in [2.05, 4.69) is 24.0 Å². The van der Waals surface area contributed by atoms with Gasteiger partial charge in [0.2, 0.25) is 0 Å². The summed E-state index contributed by atoms with van der Waals surface area (Å²) in [7, 11) is 0. The molecule has 0 fully saturated rings. The molecule has 114 valence electrons. The van der Waals surface area contributed by atoms with Crippen molar-refractivity contribution < 1.29 is 9.53 Å². The van der Waals surface area contributed by atoms with E-state index in [1.807, 2.05) is 25.1 Å². The summed E-state index contributed by atoms with van der Waals surface area (Å²) in [5.41, 5.74) is 2.81. The van der Waals surface area contributed by atoms with Crippen LogP contribution >= 0.6 is 0 Å². The van der Waals surface area contributed by atoms with Crippen LogP contribution in [0.15, 0.2) is 66.7 Å². The molecule has 0 saturated heterocycles. The number of amides is 1. The minimum absolute atomic E-state index is 0.0672. The Hall–Kier alpha value is -2.55. The van der Waals surface area contributed by atoms with Crippen molar-refractivity contribution in [2.24, 2.45) is 0 Å². The zero-order valence-corrected chi connectivity index (χ0v) is 12.8. The molecule has 0 atom stereocenters. The highest BCUT2D eigenvalue weighted by molar-refractivity contribution is 5.94. The summed E-state index contributed by atoms with van der Waals surface area (Å²) >= 11 is 0. The number of rotatable bonds is 7. The molecule has 0 aliphatic carbocycles. The molecule has 0 unspecified atom stereocenters. The van der Waals surface area contributed by atoms with E-state index < -0.39 is 0 Å². The van der Waals surface area contributed by atoms with E-state index in [4.69, 9.17) is 4.74 Å². The first-order valence-corrected chi connectivity index (χ1v) is 7.34. The van der Waals surface area contributed by atoms with E-state index in [9.17, 15) is 4.79 Å². The highest BCUT2D eigenvalue weighted by Crippen LogP contribution is 2.13.